The number of hydrogen-bond acceptors (Lipinski definition) is 5. The number of aromatic amines is 1. The van der Waals surface area contributed by atoms with Gasteiger partial charge in [-0.2, -0.15) is 13.2 Å². The highest BCUT2D eigenvalue weighted by Crippen LogP contribution is 2.18. The number of H-pyrrole nitrogens is 1. The van der Waals surface area contributed by atoms with Gasteiger partial charge in [-0.25, -0.2) is 0 Å². The summed E-state index contributed by atoms with van der Waals surface area (Å²) in [6.45, 7) is 0.0868. The topological polar surface area (TPSA) is 84.0 Å². The molecule has 0 saturated carbocycles. The van der Waals surface area contributed by atoms with E-state index in [9.17, 15) is 18.0 Å². The third-order valence-corrected chi connectivity index (χ3v) is 2.58. The van der Waals surface area contributed by atoms with Crippen LogP contribution in [0.2, 0.25) is 0 Å². The SMILES string of the molecule is CC(=O)N(Cc1ccc(OCC(F)(F)F)cn1)c1c[nH]nn1. The largest absolute Gasteiger partial charge is 0.483 e. The minimum Gasteiger partial charge on any atom is -0.483 e. The molecule has 118 valence electrons. The summed E-state index contributed by atoms with van der Waals surface area (Å²) in [6.07, 6.45) is -1.79. The molecule has 2 aromatic heterocycles. The van der Waals surface area contributed by atoms with Crippen molar-refractivity contribution in [2.45, 2.75) is 19.6 Å². The molecule has 22 heavy (non-hydrogen) atoms. The molecular weight excluding hydrogens is 303 g/mol. The average molecular weight is 315 g/mol. The first-order valence-electron chi connectivity index (χ1n) is 6.14. The predicted molar refractivity (Wildman–Crippen MR) is 69.0 cm³/mol. The first kappa shape index (κ1) is 15.7. The minimum atomic E-state index is -4.41. The van der Waals surface area contributed by atoms with E-state index in [1.807, 2.05) is 0 Å². The van der Waals surface area contributed by atoms with E-state index in [0.29, 0.717) is 11.5 Å². The number of carbonyl (C=O) groups excluding carboxylic acids is 1. The van der Waals surface area contributed by atoms with Crippen LogP contribution < -0.4 is 9.64 Å². The van der Waals surface area contributed by atoms with Gasteiger partial charge < -0.3 is 4.74 Å². The summed E-state index contributed by atoms with van der Waals surface area (Å²) in [5, 5.41) is 9.73. The van der Waals surface area contributed by atoms with Gasteiger partial charge in [0.1, 0.15) is 5.75 Å². The molecule has 0 bridgehead atoms. The second-order valence-electron chi connectivity index (χ2n) is 4.33. The molecule has 0 aromatic carbocycles. The molecule has 0 radical (unpaired) electrons. The Morgan fingerprint density at radius 2 is 2.18 bits per heavy atom. The Labute approximate surface area is 123 Å². The standard InChI is InChI=1S/C12H12F3N5O2/c1-8(21)20(11-5-17-19-18-11)6-9-2-3-10(4-16-9)22-7-12(13,14)15/h2-5H,6-7H2,1H3,(H,17,18,19). The highest BCUT2D eigenvalue weighted by molar-refractivity contribution is 5.89. The molecule has 2 aromatic rings. The van der Waals surface area contributed by atoms with E-state index in [-0.39, 0.29) is 18.2 Å². The van der Waals surface area contributed by atoms with E-state index < -0.39 is 12.8 Å². The van der Waals surface area contributed by atoms with Gasteiger partial charge >= 0.3 is 6.18 Å². The van der Waals surface area contributed by atoms with Crippen LogP contribution in [0.15, 0.2) is 24.5 Å². The Morgan fingerprint density at radius 3 is 2.68 bits per heavy atom. The van der Waals surface area contributed by atoms with Crippen molar-refractivity contribution in [1.29, 1.82) is 0 Å². The van der Waals surface area contributed by atoms with Gasteiger partial charge in [-0.05, 0) is 12.1 Å². The van der Waals surface area contributed by atoms with Crippen molar-refractivity contribution in [2.24, 2.45) is 0 Å². The molecule has 1 amide bonds. The van der Waals surface area contributed by atoms with E-state index in [0.717, 1.165) is 0 Å². The Balaban J connectivity index is 2.02. The zero-order valence-electron chi connectivity index (χ0n) is 11.5. The summed E-state index contributed by atoms with van der Waals surface area (Å²) in [6, 6.07) is 2.83. The Bertz CT molecular complexity index is 613. The summed E-state index contributed by atoms with van der Waals surface area (Å²) >= 11 is 0. The second kappa shape index (κ2) is 6.41. The molecule has 1 N–H and O–H groups in total. The lowest BCUT2D eigenvalue weighted by molar-refractivity contribution is -0.153. The zero-order chi connectivity index (χ0) is 16.2. The fourth-order valence-electron chi connectivity index (χ4n) is 1.60. The number of halogens is 3. The first-order valence-corrected chi connectivity index (χ1v) is 6.14. The molecule has 2 rings (SSSR count). The normalized spacial score (nSPS) is 11.3. The number of anilines is 1. The summed E-state index contributed by atoms with van der Waals surface area (Å²) in [5.41, 5.74) is 0.470. The molecule has 0 aliphatic heterocycles. The van der Waals surface area contributed by atoms with Crippen LogP contribution >= 0.6 is 0 Å². The lowest BCUT2D eigenvalue weighted by Gasteiger charge is -2.17. The summed E-state index contributed by atoms with van der Waals surface area (Å²) in [7, 11) is 0. The number of carbonyl (C=O) groups is 1. The van der Waals surface area contributed by atoms with Crippen molar-refractivity contribution < 1.29 is 22.7 Å². The van der Waals surface area contributed by atoms with E-state index in [2.05, 4.69) is 25.1 Å². The molecular formula is C12H12F3N5O2. The monoisotopic (exact) mass is 315 g/mol. The fraction of sp³-hybridized carbons (Fsp3) is 0.333. The molecule has 0 spiro atoms. The van der Waals surface area contributed by atoms with Crippen LogP contribution in [-0.4, -0.2) is 39.1 Å². The van der Waals surface area contributed by atoms with E-state index in [1.165, 1.54) is 36.4 Å². The maximum Gasteiger partial charge on any atom is 0.422 e. The van der Waals surface area contributed by atoms with Crippen LogP contribution in [0.1, 0.15) is 12.6 Å². The molecule has 10 heteroatoms. The van der Waals surface area contributed by atoms with Gasteiger partial charge in [-0.15, -0.1) is 5.10 Å². The highest BCUT2D eigenvalue weighted by Gasteiger charge is 2.28. The van der Waals surface area contributed by atoms with Gasteiger partial charge in [0.25, 0.3) is 0 Å². The Kier molecular flexibility index (Phi) is 4.59. The van der Waals surface area contributed by atoms with Gasteiger partial charge in [-0.1, -0.05) is 5.21 Å². The van der Waals surface area contributed by atoms with Crippen LogP contribution in [0, 0.1) is 0 Å². The second-order valence-corrected chi connectivity index (χ2v) is 4.33. The van der Waals surface area contributed by atoms with Crippen molar-refractivity contribution in [2.75, 3.05) is 11.5 Å². The predicted octanol–water partition coefficient (Wildman–Crippen LogP) is 1.69. The van der Waals surface area contributed by atoms with Crippen LogP contribution in [0.4, 0.5) is 19.0 Å². The number of nitrogens with one attached hydrogen (secondary N) is 1. The number of ether oxygens (including phenoxy) is 1. The van der Waals surface area contributed by atoms with Crippen molar-refractivity contribution in [1.82, 2.24) is 20.4 Å². The third-order valence-electron chi connectivity index (χ3n) is 2.58. The fourth-order valence-corrected chi connectivity index (χ4v) is 1.60. The van der Waals surface area contributed by atoms with Crippen molar-refractivity contribution >= 4 is 11.7 Å². The number of rotatable bonds is 5. The smallest absolute Gasteiger partial charge is 0.422 e. The number of pyridine rings is 1. The molecule has 2 heterocycles. The quantitative estimate of drug-likeness (QED) is 0.908. The number of amides is 1. The molecule has 0 fully saturated rings. The number of hydrogen-bond donors (Lipinski definition) is 1. The minimum absolute atomic E-state index is 0.00288. The molecule has 0 atom stereocenters. The number of nitrogens with zero attached hydrogens (tertiary/aromatic N) is 4. The van der Waals surface area contributed by atoms with Gasteiger partial charge in [0.2, 0.25) is 5.91 Å². The van der Waals surface area contributed by atoms with Gasteiger partial charge in [0.15, 0.2) is 12.4 Å². The van der Waals surface area contributed by atoms with E-state index in [1.54, 1.807) is 0 Å². The van der Waals surface area contributed by atoms with E-state index >= 15 is 0 Å². The maximum atomic E-state index is 12.0. The highest BCUT2D eigenvalue weighted by atomic mass is 19.4. The summed E-state index contributed by atoms with van der Waals surface area (Å²) < 4.78 is 40.7. The lowest BCUT2D eigenvalue weighted by Crippen LogP contribution is -2.28. The van der Waals surface area contributed by atoms with Crippen LogP contribution in [0.5, 0.6) is 5.75 Å². The van der Waals surface area contributed by atoms with Crippen LogP contribution in [-0.2, 0) is 11.3 Å². The number of aromatic nitrogens is 4. The number of alkyl halides is 3. The van der Waals surface area contributed by atoms with Gasteiger partial charge in [0, 0.05) is 6.92 Å². The molecule has 0 aliphatic rings. The Morgan fingerprint density at radius 1 is 1.41 bits per heavy atom. The van der Waals surface area contributed by atoms with Crippen molar-refractivity contribution in [3.05, 3.63) is 30.2 Å². The van der Waals surface area contributed by atoms with Crippen LogP contribution in [0.3, 0.4) is 0 Å². The first-order chi connectivity index (χ1) is 10.3. The lowest BCUT2D eigenvalue weighted by atomic mass is 10.3. The zero-order valence-corrected chi connectivity index (χ0v) is 11.5. The van der Waals surface area contributed by atoms with Gasteiger partial charge in [0.05, 0.1) is 24.6 Å². The van der Waals surface area contributed by atoms with Crippen LogP contribution in [0.25, 0.3) is 0 Å². The van der Waals surface area contributed by atoms with E-state index in [4.69, 9.17) is 0 Å². The van der Waals surface area contributed by atoms with Crippen molar-refractivity contribution in [3.63, 3.8) is 0 Å². The third kappa shape index (κ3) is 4.43. The molecule has 0 unspecified atom stereocenters. The molecule has 7 nitrogen and oxygen atoms in total. The molecule has 0 aliphatic carbocycles. The summed E-state index contributed by atoms with van der Waals surface area (Å²) in [5.74, 6) is 0.0525. The van der Waals surface area contributed by atoms with Crippen molar-refractivity contribution in [3.8, 4) is 5.75 Å². The van der Waals surface area contributed by atoms with Gasteiger partial charge in [-0.3, -0.25) is 19.8 Å². The molecule has 0 saturated heterocycles. The Hall–Kier alpha value is -2.65. The summed E-state index contributed by atoms with van der Waals surface area (Å²) in [4.78, 5) is 16.9. The average Bonchev–Trinajstić information content (AvgIpc) is 2.96. The maximum absolute atomic E-state index is 12.0.